The molecule has 2 nitrogen and oxygen atoms in total. The third kappa shape index (κ3) is 1.82. The number of hydrogen-bond donors (Lipinski definition) is 2. The predicted molar refractivity (Wildman–Crippen MR) is 44.1 cm³/mol. The first kappa shape index (κ1) is 8.75. The van der Waals surface area contributed by atoms with Crippen LogP contribution in [0.5, 0.6) is 0 Å². The molecule has 1 rings (SSSR count). The molecule has 0 bridgehead atoms. The fourth-order valence-electron chi connectivity index (χ4n) is 1.74. The van der Waals surface area contributed by atoms with Gasteiger partial charge in [-0.2, -0.15) is 0 Å². The van der Waals surface area contributed by atoms with E-state index in [9.17, 15) is 0 Å². The first-order valence-corrected chi connectivity index (χ1v) is 4.18. The zero-order valence-electron chi connectivity index (χ0n) is 6.90. The average molecular weight is 156 g/mol. The Hall–Kier alpha value is -0.340. The van der Waals surface area contributed by atoms with E-state index in [0.29, 0.717) is 5.92 Å². The maximum atomic E-state index is 9.02. The van der Waals surface area contributed by atoms with E-state index in [1.54, 1.807) is 0 Å². The zero-order chi connectivity index (χ0) is 8.27. The van der Waals surface area contributed by atoms with Crippen LogP contribution in [0.15, 0.2) is 12.2 Å². The summed E-state index contributed by atoms with van der Waals surface area (Å²) in [6.45, 7) is 2.47. The topological polar surface area (TPSA) is 40.5 Å². The fraction of sp³-hybridized carbons (Fsp3) is 0.778. The van der Waals surface area contributed by atoms with Crippen LogP contribution < -0.4 is 0 Å². The Kier molecular flexibility index (Phi) is 3.09. The van der Waals surface area contributed by atoms with Crippen molar-refractivity contribution in [2.24, 2.45) is 17.8 Å². The Morgan fingerprint density at radius 2 is 2.09 bits per heavy atom. The largest absolute Gasteiger partial charge is 0.396 e. The van der Waals surface area contributed by atoms with Crippen LogP contribution in [-0.2, 0) is 0 Å². The van der Waals surface area contributed by atoms with Crippen LogP contribution in [0.1, 0.15) is 13.3 Å². The van der Waals surface area contributed by atoms with Gasteiger partial charge in [0, 0.05) is 13.2 Å². The van der Waals surface area contributed by atoms with Crippen molar-refractivity contribution < 1.29 is 10.2 Å². The molecule has 0 aromatic heterocycles. The van der Waals surface area contributed by atoms with Crippen LogP contribution in [0.4, 0.5) is 0 Å². The van der Waals surface area contributed by atoms with Gasteiger partial charge < -0.3 is 10.2 Å². The van der Waals surface area contributed by atoms with E-state index in [1.807, 2.05) is 0 Å². The Morgan fingerprint density at radius 3 is 2.55 bits per heavy atom. The van der Waals surface area contributed by atoms with E-state index in [-0.39, 0.29) is 25.0 Å². The predicted octanol–water partition coefficient (Wildman–Crippen LogP) is 0.799. The first-order chi connectivity index (χ1) is 5.29. The van der Waals surface area contributed by atoms with Gasteiger partial charge in [-0.05, 0) is 24.2 Å². The molecule has 2 N–H and O–H groups in total. The minimum absolute atomic E-state index is 0.191. The van der Waals surface area contributed by atoms with Crippen molar-refractivity contribution in [3.8, 4) is 0 Å². The van der Waals surface area contributed by atoms with Gasteiger partial charge in [0.2, 0.25) is 0 Å². The second kappa shape index (κ2) is 3.88. The highest BCUT2D eigenvalue weighted by Crippen LogP contribution is 2.29. The van der Waals surface area contributed by atoms with Crippen molar-refractivity contribution in [2.45, 2.75) is 13.3 Å². The second-order valence-electron chi connectivity index (χ2n) is 3.31. The van der Waals surface area contributed by atoms with Gasteiger partial charge in [-0.25, -0.2) is 0 Å². The fourth-order valence-corrected chi connectivity index (χ4v) is 1.74. The third-order valence-corrected chi connectivity index (χ3v) is 2.60. The lowest BCUT2D eigenvalue weighted by molar-refractivity contribution is 0.0932. The molecule has 0 aromatic carbocycles. The molecule has 1 unspecified atom stereocenters. The van der Waals surface area contributed by atoms with Crippen LogP contribution in [0.25, 0.3) is 0 Å². The van der Waals surface area contributed by atoms with Crippen molar-refractivity contribution in [1.29, 1.82) is 0 Å². The highest BCUT2D eigenvalue weighted by molar-refractivity contribution is 4.98. The molecule has 0 spiro atoms. The molecule has 1 aliphatic rings. The molecule has 0 amide bonds. The summed E-state index contributed by atoms with van der Waals surface area (Å²) in [5, 5.41) is 18.0. The Bertz CT molecular complexity index is 142. The van der Waals surface area contributed by atoms with Crippen molar-refractivity contribution in [1.82, 2.24) is 0 Å². The lowest BCUT2D eigenvalue weighted by atomic mass is 9.77. The lowest BCUT2D eigenvalue weighted by Gasteiger charge is -2.30. The van der Waals surface area contributed by atoms with Crippen LogP contribution >= 0.6 is 0 Å². The SMILES string of the molecule is CC1C=CC[C@@H](CO)[C@H]1CO. The maximum Gasteiger partial charge on any atom is 0.0468 e. The van der Waals surface area contributed by atoms with Gasteiger partial charge in [0.1, 0.15) is 0 Å². The molecule has 0 saturated heterocycles. The van der Waals surface area contributed by atoms with Crippen LogP contribution in [0, 0.1) is 17.8 Å². The quantitative estimate of drug-likeness (QED) is 0.580. The summed E-state index contributed by atoms with van der Waals surface area (Å²) in [5.74, 6) is 0.927. The summed E-state index contributed by atoms with van der Waals surface area (Å²) >= 11 is 0. The highest BCUT2D eigenvalue weighted by atomic mass is 16.3. The van der Waals surface area contributed by atoms with E-state index < -0.39 is 0 Å². The summed E-state index contributed by atoms with van der Waals surface area (Å²) < 4.78 is 0. The molecular formula is C9H16O2. The smallest absolute Gasteiger partial charge is 0.0468 e. The van der Waals surface area contributed by atoms with E-state index in [4.69, 9.17) is 10.2 Å². The van der Waals surface area contributed by atoms with Gasteiger partial charge in [0.25, 0.3) is 0 Å². The summed E-state index contributed by atoms with van der Waals surface area (Å²) in [7, 11) is 0. The van der Waals surface area contributed by atoms with Crippen molar-refractivity contribution in [3.05, 3.63) is 12.2 Å². The number of hydrogen-bond acceptors (Lipinski definition) is 2. The number of aliphatic hydroxyl groups excluding tert-OH is 2. The monoisotopic (exact) mass is 156 g/mol. The molecule has 0 aliphatic heterocycles. The van der Waals surface area contributed by atoms with Gasteiger partial charge in [-0.1, -0.05) is 19.1 Å². The minimum atomic E-state index is 0.191. The summed E-state index contributed by atoms with van der Waals surface area (Å²) in [6.07, 6.45) is 5.12. The summed E-state index contributed by atoms with van der Waals surface area (Å²) in [5.41, 5.74) is 0. The lowest BCUT2D eigenvalue weighted by Crippen LogP contribution is -2.29. The summed E-state index contributed by atoms with van der Waals surface area (Å²) in [6, 6.07) is 0. The van der Waals surface area contributed by atoms with E-state index >= 15 is 0 Å². The van der Waals surface area contributed by atoms with E-state index in [1.165, 1.54) is 0 Å². The summed E-state index contributed by atoms with van der Waals surface area (Å²) in [4.78, 5) is 0. The first-order valence-electron chi connectivity index (χ1n) is 4.18. The zero-order valence-corrected chi connectivity index (χ0v) is 6.90. The third-order valence-electron chi connectivity index (χ3n) is 2.60. The minimum Gasteiger partial charge on any atom is -0.396 e. The van der Waals surface area contributed by atoms with Crippen molar-refractivity contribution in [3.63, 3.8) is 0 Å². The van der Waals surface area contributed by atoms with E-state index in [0.717, 1.165) is 6.42 Å². The number of allylic oxidation sites excluding steroid dienone is 2. The molecule has 64 valence electrons. The standard InChI is InChI=1S/C9H16O2/c1-7-3-2-4-8(5-10)9(7)6-11/h2-3,7-11H,4-6H2,1H3/t7?,8-,9-/m0/s1. The molecule has 0 fully saturated rings. The van der Waals surface area contributed by atoms with Gasteiger partial charge in [-0.15, -0.1) is 0 Å². The molecule has 2 heteroatoms. The molecule has 0 heterocycles. The van der Waals surface area contributed by atoms with Crippen LogP contribution in [-0.4, -0.2) is 23.4 Å². The van der Waals surface area contributed by atoms with Crippen molar-refractivity contribution >= 4 is 0 Å². The Balaban J connectivity index is 2.60. The Morgan fingerprint density at radius 1 is 1.36 bits per heavy atom. The normalized spacial score (nSPS) is 37.5. The molecule has 0 radical (unpaired) electrons. The van der Waals surface area contributed by atoms with Gasteiger partial charge in [-0.3, -0.25) is 0 Å². The molecule has 3 atom stereocenters. The van der Waals surface area contributed by atoms with E-state index in [2.05, 4.69) is 19.1 Å². The molecule has 0 aromatic rings. The second-order valence-corrected chi connectivity index (χ2v) is 3.31. The molecule has 11 heavy (non-hydrogen) atoms. The highest BCUT2D eigenvalue weighted by Gasteiger charge is 2.26. The molecule has 0 saturated carbocycles. The number of rotatable bonds is 2. The maximum absolute atomic E-state index is 9.02. The van der Waals surface area contributed by atoms with Gasteiger partial charge >= 0.3 is 0 Å². The Labute approximate surface area is 67.6 Å². The van der Waals surface area contributed by atoms with Gasteiger partial charge in [0.15, 0.2) is 0 Å². The molecular weight excluding hydrogens is 140 g/mol. The van der Waals surface area contributed by atoms with Crippen LogP contribution in [0.2, 0.25) is 0 Å². The van der Waals surface area contributed by atoms with Crippen molar-refractivity contribution in [2.75, 3.05) is 13.2 Å². The number of aliphatic hydroxyl groups is 2. The van der Waals surface area contributed by atoms with Crippen LogP contribution in [0.3, 0.4) is 0 Å². The van der Waals surface area contributed by atoms with Gasteiger partial charge in [0.05, 0.1) is 0 Å². The average Bonchev–Trinajstić information content (AvgIpc) is 2.04. The molecule has 1 aliphatic carbocycles.